The first-order valence-electron chi connectivity index (χ1n) is 11.1. The van der Waals surface area contributed by atoms with E-state index < -0.39 is 11.6 Å². The molecule has 3 heterocycles. The van der Waals surface area contributed by atoms with Crippen LogP contribution < -0.4 is 10.6 Å². The molecule has 1 aliphatic heterocycles. The van der Waals surface area contributed by atoms with Gasteiger partial charge in [0.15, 0.2) is 5.65 Å². The molecule has 0 radical (unpaired) electrons. The summed E-state index contributed by atoms with van der Waals surface area (Å²) in [5.41, 5.74) is 3.01. The summed E-state index contributed by atoms with van der Waals surface area (Å²) < 4.78 is 34.3. The van der Waals surface area contributed by atoms with Crippen molar-refractivity contribution in [2.24, 2.45) is 0 Å². The number of hydrogen-bond donors (Lipinski definition) is 2. The van der Waals surface area contributed by atoms with E-state index in [0.717, 1.165) is 42.3 Å². The van der Waals surface area contributed by atoms with E-state index in [1.54, 1.807) is 35.0 Å². The first-order chi connectivity index (χ1) is 16.6. The number of fused-ring (bicyclic) bond motifs is 1. The molecular weight excluding hydrogens is 440 g/mol. The summed E-state index contributed by atoms with van der Waals surface area (Å²) in [5, 5.41) is 10.6. The van der Waals surface area contributed by atoms with Crippen LogP contribution in [0.1, 0.15) is 28.8 Å². The van der Waals surface area contributed by atoms with Crippen molar-refractivity contribution in [3.8, 4) is 11.3 Å². The highest BCUT2D eigenvalue weighted by atomic mass is 19.1. The van der Waals surface area contributed by atoms with Crippen LogP contribution in [-0.2, 0) is 11.3 Å². The third-order valence-electron chi connectivity index (χ3n) is 5.83. The largest absolute Gasteiger partial charge is 0.381 e. The van der Waals surface area contributed by atoms with Gasteiger partial charge in [0.1, 0.15) is 17.5 Å². The zero-order valence-electron chi connectivity index (χ0n) is 18.3. The summed E-state index contributed by atoms with van der Waals surface area (Å²) in [6.07, 6.45) is 3.34. The lowest BCUT2D eigenvalue weighted by atomic mass is 10.1. The van der Waals surface area contributed by atoms with Gasteiger partial charge in [-0.1, -0.05) is 12.1 Å². The third-order valence-corrected chi connectivity index (χ3v) is 5.83. The Morgan fingerprint density at radius 3 is 2.65 bits per heavy atom. The number of carbonyl (C=O) groups is 1. The van der Waals surface area contributed by atoms with Crippen molar-refractivity contribution in [3.63, 3.8) is 0 Å². The second kappa shape index (κ2) is 9.56. The number of aromatic nitrogens is 3. The molecule has 2 aromatic carbocycles. The Labute approximate surface area is 194 Å². The van der Waals surface area contributed by atoms with E-state index in [9.17, 15) is 13.6 Å². The summed E-state index contributed by atoms with van der Waals surface area (Å²) in [4.78, 5) is 16.9. The van der Waals surface area contributed by atoms with E-state index in [-0.39, 0.29) is 24.1 Å². The predicted molar refractivity (Wildman–Crippen MR) is 123 cm³/mol. The Kier molecular flexibility index (Phi) is 6.18. The van der Waals surface area contributed by atoms with Crippen LogP contribution in [0, 0.1) is 11.6 Å². The predicted octanol–water partition coefficient (Wildman–Crippen LogP) is 4.20. The molecule has 7 nitrogen and oxygen atoms in total. The highest BCUT2D eigenvalue weighted by molar-refractivity contribution is 5.94. The first kappa shape index (κ1) is 22.0. The highest BCUT2D eigenvalue weighted by Crippen LogP contribution is 2.22. The fourth-order valence-electron chi connectivity index (χ4n) is 3.93. The van der Waals surface area contributed by atoms with Gasteiger partial charge in [-0.3, -0.25) is 4.79 Å². The van der Waals surface area contributed by atoms with Crippen LogP contribution in [0.5, 0.6) is 0 Å². The summed E-state index contributed by atoms with van der Waals surface area (Å²) in [6, 6.07) is 14.3. The molecule has 1 amide bonds. The molecule has 5 rings (SSSR count). The van der Waals surface area contributed by atoms with E-state index in [0.29, 0.717) is 30.2 Å². The maximum atomic E-state index is 13.9. The molecule has 34 heavy (non-hydrogen) atoms. The molecule has 0 spiro atoms. The standard InChI is InChI=1S/C25H23F2N5O2/c26-19-5-6-21(27)18(13-19)14-28-23-7-8-24-29-15-22(32(24)31-23)16-1-3-17(4-2-16)25(33)30-20-9-11-34-12-10-20/h1-8,13,15,20H,9-12,14H2,(H,28,31)(H,30,33). The second-order valence-electron chi connectivity index (χ2n) is 8.16. The van der Waals surface area contributed by atoms with Crippen molar-refractivity contribution in [1.29, 1.82) is 0 Å². The number of nitrogens with one attached hydrogen (secondary N) is 2. The van der Waals surface area contributed by atoms with E-state index in [2.05, 4.69) is 20.7 Å². The van der Waals surface area contributed by atoms with Crippen LogP contribution >= 0.6 is 0 Å². The maximum Gasteiger partial charge on any atom is 0.251 e. The molecule has 0 unspecified atom stereocenters. The van der Waals surface area contributed by atoms with Crippen LogP contribution in [0.2, 0.25) is 0 Å². The minimum absolute atomic E-state index is 0.0864. The maximum absolute atomic E-state index is 13.9. The second-order valence-corrected chi connectivity index (χ2v) is 8.16. The molecule has 2 aromatic heterocycles. The molecule has 1 saturated heterocycles. The topological polar surface area (TPSA) is 80.5 Å². The number of nitrogens with zero attached hydrogens (tertiary/aromatic N) is 3. The van der Waals surface area contributed by atoms with Gasteiger partial charge < -0.3 is 15.4 Å². The summed E-state index contributed by atoms with van der Waals surface area (Å²) in [7, 11) is 0. The first-order valence-corrected chi connectivity index (χ1v) is 11.1. The molecular formula is C25H23F2N5O2. The van der Waals surface area contributed by atoms with Crippen molar-refractivity contribution in [3.05, 3.63) is 83.6 Å². The molecule has 0 bridgehead atoms. The lowest BCUT2D eigenvalue weighted by molar-refractivity contribution is 0.0696. The van der Waals surface area contributed by atoms with Crippen LogP contribution in [-0.4, -0.2) is 39.8 Å². The lowest BCUT2D eigenvalue weighted by Crippen LogP contribution is -2.38. The molecule has 174 valence electrons. The molecule has 9 heteroatoms. The van der Waals surface area contributed by atoms with Crippen LogP contribution in [0.4, 0.5) is 14.6 Å². The number of anilines is 1. The molecule has 1 aliphatic rings. The fourth-order valence-corrected chi connectivity index (χ4v) is 3.93. The average Bonchev–Trinajstić information content (AvgIpc) is 3.28. The normalized spacial score (nSPS) is 14.3. The summed E-state index contributed by atoms with van der Waals surface area (Å²) in [6.45, 7) is 1.42. The number of benzene rings is 2. The van der Waals surface area contributed by atoms with E-state index in [1.807, 2.05) is 12.1 Å². The van der Waals surface area contributed by atoms with Gasteiger partial charge in [0.25, 0.3) is 5.91 Å². The van der Waals surface area contributed by atoms with Gasteiger partial charge in [-0.25, -0.2) is 18.3 Å². The van der Waals surface area contributed by atoms with Crippen molar-refractivity contribution in [1.82, 2.24) is 19.9 Å². The Morgan fingerprint density at radius 2 is 1.85 bits per heavy atom. The molecule has 1 fully saturated rings. The molecule has 0 saturated carbocycles. The number of rotatable bonds is 6. The third kappa shape index (κ3) is 4.74. The van der Waals surface area contributed by atoms with E-state index >= 15 is 0 Å². The summed E-state index contributed by atoms with van der Waals surface area (Å²) in [5.74, 6) is -0.601. The Bertz CT molecular complexity index is 1320. The quantitative estimate of drug-likeness (QED) is 0.448. The zero-order valence-corrected chi connectivity index (χ0v) is 18.3. The number of imidazole rings is 1. The van der Waals surface area contributed by atoms with Crippen molar-refractivity contribution < 1.29 is 18.3 Å². The minimum Gasteiger partial charge on any atom is -0.381 e. The number of carbonyl (C=O) groups excluding carboxylic acids is 1. The molecule has 0 atom stereocenters. The highest BCUT2D eigenvalue weighted by Gasteiger charge is 2.17. The van der Waals surface area contributed by atoms with E-state index in [4.69, 9.17) is 4.74 Å². The molecule has 0 aliphatic carbocycles. The lowest BCUT2D eigenvalue weighted by Gasteiger charge is -2.23. The van der Waals surface area contributed by atoms with Crippen LogP contribution in [0.3, 0.4) is 0 Å². The van der Waals surface area contributed by atoms with Crippen LogP contribution in [0.25, 0.3) is 16.9 Å². The van der Waals surface area contributed by atoms with Crippen molar-refractivity contribution >= 4 is 17.4 Å². The van der Waals surface area contributed by atoms with Gasteiger partial charge in [0.2, 0.25) is 0 Å². The van der Waals surface area contributed by atoms with E-state index in [1.165, 1.54) is 0 Å². The smallest absolute Gasteiger partial charge is 0.251 e. The Balaban J connectivity index is 1.32. The Morgan fingerprint density at radius 1 is 1.06 bits per heavy atom. The fraction of sp³-hybridized carbons (Fsp3) is 0.240. The van der Waals surface area contributed by atoms with Gasteiger partial charge in [0.05, 0.1) is 11.9 Å². The van der Waals surface area contributed by atoms with Gasteiger partial charge in [-0.05, 0) is 55.3 Å². The Hall–Kier alpha value is -3.85. The van der Waals surface area contributed by atoms with Gasteiger partial charge >= 0.3 is 0 Å². The monoisotopic (exact) mass is 463 g/mol. The number of ether oxygens (including phenoxy) is 1. The zero-order chi connectivity index (χ0) is 23.5. The average molecular weight is 463 g/mol. The van der Waals surface area contributed by atoms with Gasteiger partial charge in [-0.2, -0.15) is 0 Å². The number of hydrogen-bond acceptors (Lipinski definition) is 5. The number of amides is 1. The van der Waals surface area contributed by atoms with Crippen LogP contribution in [0.15, 0.2) is 60.8 Å². The van der Waals surface area contributed by atoms with Gasteiger partial charge in [0, 0.05) is 42.5 Å². The van der Waals surface area contributed by atoms with Crippen molar-refractivity contribution in [2.75, 3.05) is 18.5 Å². The van der Waals surface area contributed by atoms with Crippen molar-refractivity contribution in [2.45, 2.75) is 25.4 Å². The van der Waals surface area contributed by atoms with Gasteiger partial charge in [-0.15, -0.1) is 5.10 Å². The SMILES string of the molecule is O=C(NC1CCOCC1)c1ccc(-c2cnc3ccc(NCc4cc(F)ccc4F)nn23)cc1. The summed E-state index contributed by atoms with van der Waals surface area (Å²) >= 11 is 0. The minimum atomic E-state index is -0.497. The molecule has 4 aromatic rings. The number of halogens is 2. The molecule has 2 N–H and O–H groups in total.